The first-order chi connectivity index (χ1) is 14.9. The molecule has 0 aliphatic heterocycles. The van der Waals surface area contributed by atoms with Crippen LogP contribution in [-0.2, 0) is 0 Å². The second kappa shape index (κ2) is 8.14. The van der Waals surface area contributed by atoms with E-state index in [-0.39, 0.29) is 0 Å². The van der Waals surface area contributed by atoms with E-state index in [9.17, 15) is 0 Å². The van der Waals surface area contributed by atoms with Crippen molar-refractivity contribution in [2.45, 2.75) is 0 Å². The lowest BCUT2D eigenvalue weighted by Gasteiger charge is -2.12. The molecule has 4 aromatic carbocycles. The summed E-state index contributed by atoms with van der Waals surface area (Å²) in [6.07, 6.45) is 0. The van der Waals surface area contributed by atoms with Gasteiger partial charge in [0.25, 0.3) is 0 Å². The second-order valence-electron chi connectivity index (χ2n) is 7.11. The maximum atomic E-state index is 4.97. The number of benzene rings is 4. The summed E-state index contributed by atoms with van der Waals surface area (Å²) < 4.78 is 0. The largest absolute Gasteiger partial charge is 0.228 e. The van der Waals surface area contributed by atoms with Crippen LogP contribution in [0, 0.1) is 0 Å². The van der Waals surface area contributed by atoms with E-state index in [1.807, 2.05) is 48.5 Å². The average Bonchev–Trinajstić information content (AvgIpc) is 2.85. The summed E-state index contributed by atoms with van der Waals surface area (Å²) in [6.45, 7) is 0. The van der Waals surface area contributed by atoms with Crippen LogP contribution >= 0.6 is 0 Å². The van der Waals surface area contributed by atoms with E-state index < -0.39 is 0 Å². The highest BCUT2D eigenvalue weighted by Crippen LogP contribution is 2.33. The third-order valence-corrected chi connectivity index (χ3v) is 5.12. The van der Waals surface area contributed by atoms with E-state index in [1.54, 1.807) is 0 Å². The molecule has 30 heavy (non-hydrogen) atoms. The van der Waals surface area contributed by atoms with Gasteiger partial charge in [-0.05, 0) is 17.2 Å². The van der Waals surface area contributed by atoms with Gasteiger partial charge in [0, 0.05) is 16.7 Å². The summed E-state index contributed by atoms with van der Waals surface area (Å²) in [5.74, 6) is 0.731. The molecule has 0 atom stereocenters. The van der Waals surface area contributed by atoms with Gasteiger partial charge in [-0.25, -0.2) is 9.97 Å². The van der Waals surface area contributed by atoms with Gasteiger partial charge in [-0.2, -0.15) is 0 Å². The highest BCUT2D eigenvalue weighted by Gasteiger charge is 2.13. The Bertz CT molecular complexity index is 1210. The van der Waals surface area contributed by atoms with Crippen LogP contribution in [0.5, 0.6) is 0 Å². The Morgan fingerprint density at radius 2 is 0.767 bits per heavy atom. The van der Waals surface area contributed by atoms with Gasteiger partial charge in [0.1, 0.15) is 0 Å². The fraction of sp³-hybridized carbons (Fsp3) is 0. The molecule has 2 heteroatoms. The Morgan fingerprint density at radius 3 is 1.27 bits per heavy atom. The summed E-state index contributed by atoms with van der Waals surface area (Å²) >= 11 is 0. The van der Waals surface area contributed by atoms with E-state index in [2.05, 4.69) is 72.8 Å². The third kappa shape index (κ3) is 3.63. The molecule has 2 nitrogen and oxygen atoms in total. The highest BCUT2D eigenvalue weighted by molar-refractivity contribution is 5.82. The summed E-state index contributed by atoms with van der Waals surface area (Å²) in [7, 11) is 0. The number of hydrogen-bond acceptors (Lipinski definition) is 2. The minimum Gasteiger partial charge on any atom is -0.228 e. The van der Waals surface area contributed by atoms with Crippen molar-refractivity contribution in [2.75, 3.05) is 0 Å². The normalized spacial score (nSPS) is 10.7. The first-order valence-electron chi connectivity index (χ1n) is 10.0. The van der Waals surface area contributed by atoms with Crippen LogP contribution in [0.15, 0.2) is 121 Å². The fourth-order valence-electron chi connectivity index (χ4n) is 3.63. The Balaban J connectivity index is 1.74. The molecule has 5 aromatic rings. The van der Waals surface area contributed by atoms with Crippen LogP contribution in [0.2, 0.25) is 0 Å². The van der Waals surface area contributed by atoms with E-state index in [1.165, 1.54) is 0 Å². The van der Waals surface area contributed by atoms with Gasteiger partial charge in [-0.15, -0.1) is 0 Å². The van der Waals surface area contributed by atoms with Crippen molar-refractivity contribution < 1.29 is 0 Å². The molecule has 0 N–H and O–H groups in total. The Hall–Kier alpha value is -4.04. The molecule has 0 saturated carbocycles. The molecule has 0 spiro atoms. The zero-order valence-corrected chi connectivity index (χ0v) is 16.4. The average molecular weight is 384 g/mol. The molecule has 5 rings (SSSR count). The SMILES string of the molecule is c1ccc(-c2cc(-c3ccccc3)nc(-c3ccccc3-c3ccccc3)n2)cc1. The summed E-state index contributed by atoms with van der Waals surface area (Å²) in [4.78, 5) is 9.95. The smallest absolute Gasteiger partial charge is 0.161 e. The quantitative estimate of drug-likeness (QED) is 0.329. The van der Waals surface area contributed by atoms with Crippen molar-refractivity contribution in [3.63, 3.8) is 0 Å². The van der Waals surface area contributed by atoms with Crippen LogP contribution in [0.3, 0.4) is 0 Å². The lowest BCUT2D eigenvalue weighted by molar-refractivity contribution is 1.18. The monoisotopic (exact) mass is 384 g/mol. The van der Waals surface area contributed by atoms with Crippen molar-refractivity contribution in [1.82, 2.24) is 9.97 Å². The summed E-state index contributed by atoms with van der Waals surface area (Å²) in [6, 6.07) is 41.3. The van der Waals surface area contributed by atoms with Gasteiger partial charge < -0.3 is 0 Å². The molecule has 0 saturated heterocycles. The number of rotatable bonds is 4. The molecule has 0 amide bonds. The van der Waals surface area contributed by atoms with Gasteiger partial charge in [-0.3, -0.25) is 0 Å². The number of nitrogens with zero attached hydrogens (tertiary/aromatic N) is 2. The van der Waals surface area contributed by atoms with Gasteiger partial charge >= 0.3 is 0 Å². The summed E-state index contributed by atoms with van der Waals surface area (Å²) in [5.41, 5.74) is 7.31. The maximum absolute atomic E-state index is 4.97. The van der Waals surface area contributed by atoms with Crippen LogP contribution in [0.4, 0.5) is 0 Å². The van der Waals surface area contributed by atoms with Crippen LogP contribution < -0.4 is 0 Å². The Labute approximate surface area is 176 Å². The molecule has 0 aliphatic rings. The minimum atomic E-state index is 0.731. The molecule has 142 valence electrons. The predicted octanol–water partition coefficient (Wildman–Crippen LogP) is 7.14. The second-order valence-corrected chi connectivity index (χ2v) is 7.11. The Morgan fingerprint density at radius 1 is 0.367 bits per heavy atom. The number of aromatic nitrogens is 2. The zero-order valence-electron chi connectivity index (χ0n) is 16.4. The lowest BCUT2D eigenvalue weighted by Crippen LogP contribution is -1.97. The molecule has 0 aliphatic carbocycles. The van der Waals surface area contributed by atoms with Gasteiger partial charge in [0.15, 0.2) is 5.82 Å². The lowest BCUT2D eigenvalue weighted by atomic mass is 9.98. The van der Waals surface area contributed by atoms with Crippen molar-refractivity contribution in [3.05, 3.63) is 121 Å². The molecular formula is C28H20N2. The first-order valence-corrected chi connectivity index (χ1v) is 10.0. The molecule has 1 heterocycles. The van der Waals surface area contributed by atoms with E-state index >= 15 is 0 Å². The Kier molecular flexibility index (Phi) is 4.89. The van der Waals surface area contributed by atoms with Crippen LogP contribution in [0.1, 0.15) is 0 Å². The van der Waals surface area contributed by atoms with E-state index in [0.29, 0.717) is 0 Å². The summed E-state index contributed by atoms with van der Waals surface area (Å²) in [5, 5.41) is 0. The van der Waals surface area contributed by atoms with Gasteiger partial charge in [0.05, 0.1) is 11.4 Å². The topological polar surface area (TPSA) is 25.8 Å². The molecular weight excluding hydrogens is 364 g/mol. The van der Waals surface area contributed by atoms with E-state index in [0.717, 1.165) is 45.0 Å². The van der Waals surface area contributed by atoms with Crippen molar-refractivity contribution in [1.29, 1.82) is 0 Å². The molecule has 0 bridgehead atoms. The predicted molar refractivity (Wildman–Crippen MR) is 124 cm³/mol. The van der Waals surface area contributed by atoms with Crippen molar-refractivity contribution in [3.8, 4) is 45.0 Å². The van der Waals surface area contributed by atoms with E-state index in [4.69, 9.17) is 9.97 Å². The first kappa shape index (κ1) is 18.0. The molecule has 1 aromatic heterocycles. The highest BCUT2D eigenvalue weighted by atomic mass is 14.9. The number of hydrogen-bond donors (Lipinski definition) is 0. The molecule has 0 unspecified atom stereocenters. The maximum Gasteiger partial charge on any atom is 0.161 e. The standard InChI is InChI=1S/C28H20N2/c1-4-12-21(13-5-1)24-18-10-11-19-25(24)28-29-26(22-14-6-2-7-15-22)20-27(30-28)23-16-8-3-9-17-23/h1-20H. The third-order valence-electron chi connectivity index (χ3n) is 5.12. The molecule has 0 radical (unpaired) electrons. The van der Waals surface area contributed by atoms with Gasteiger partial charge in [-0.1, -0.05) is 115 Å². The van der Waals surface area contributed by atoms with Crippen LogP contribution in [-0.4, -0.2) is 9.97 Å². The minimum absolute atomic E-state index is 0.731. The van der Waals surface area contributed by atoms with Crippen molar-refractivity contribution >= 4 is 0 Å². The zero-order chi connectivity index (χ0) is 20.2. The fourth-order valence-corrected chi connectivity index (χ4v) is 3.63. The van der Waals surface area contributed by atoms with Crippen molar-refractivity contribution in [2.24, 2.45) is 0 Å². The molecule has 0 fully saturated rings. The van der Waals surface area contributed by atoms with Crippen LogP contribution in [0.25, 0.3) is 45.0 Å². The van der Waals surface area contributed by atoms with Gasteiger partial charge in [0.2, 0.25) is 0 Å².